The van der Waals surface area contributed by atoms with Gasteiger partial charge in [0.15, 0.2) is 0 Å². The Labute approximate surface area is 172 Å². The molecule has 1 amide bonds. The Morgan fingerprint density at radius 3 is 2.79 bits per heavy atom. The van der Waals surface area contributed by atoms with Gasteiger partial charge in [-0.05, 0) is 36.6 Å². The van der Waals surface area contributed by atoms with Crippen molar-refractivity contribution in [3.8, 4) is 17.2 Å². The van der Waals surface area contributed by atoms with Gasteiger partial charge in [-0.3, -0.25) is 4.68 Å². The van der Waals surface area contributed by atoms with E-state index in [2.05, 4.69) is 21.5 Å². The summed E-state index contributed by atoms with van der Waals surface area (Å²) in [5.41, 5.74) is 2.86. The Morgan fingerprint density at radius 1 is 1.34 bits per heavy atom. The largest absolute Gasteiger partial charge is 0.465 e. The number of fused-ring (bicyclic) bond motifs is 1. The molecule has 0 bridgehead atoms. The van der Waals surface area contributed by atoms with Crippen molar-refractivity contribution >= 4 is 34.4 Å². The Balaban J connectivity index is 1.64. The molecule has 9 heteroatoms. The number of pyridine rings is 1. The predicted molar refractivity (Wildman–Crippen MR) is 110 cm³/mol. The number of aromatic nitrogens is 3. The lowest BCUT2D eigenvalue weighted by Gasteiger charge is -2.33. The maximum atomic E-state index is 10.8. The summed E-state index contributed by atoms with van der Waals surface area (Å²) in [7, 11) is 1.88. The molecule has 2 N–H and O–H groups in total. The molecule has 1 aliphatic rings. The molecular weight excluding hydrogens is 392 g/mol. The number of halogens is 1. The number of aryl methyl sites for hydroxylation is 1. The zero-order chi connectivity index (χ0) is 20.5. The number of nitriles is 1. The maximum Gasteiger partial charge on any atom is 0.404 e. The monoisotopic (exact) mass is 410 g/mol. The quantitative estimate of drug-likeness (QED) is 0.641. The number of carboxylic acid groups (broad SMARTS) is 1. The number of amides is 1. The van der Waals surface area contributed by atoms with Gasteiger partial charge < -0.3 is 15.3 Å². The van der Waals surface area contributed by atoms with E-state index in [1.165, 1.54) is 0 Å². The summed E-state index contributed by atoms with van der Waals surface area (Å²) in [5, 5.41) is 26.6. The van der Waals surface area contributed by atoms with Crippen LogP contribution in [0.3, 0.4) is 0 Å². The molecule has 8 nitrogen and oxygen atoms in total. The SMILES string of the molecule is Cn1ncc2cc(-c3c(C#N)cc(N4CCC(NC(=O)O)CC4)nc3Cl)ccc21. The van der Waals surface area contributed by atoms with Crippen molar-refractivity contribution in [1.82, 2.24) is 20.1 Å². The summed E-state index contributed by atoms with van der Waals surface area (Å²) in [6.45, 7) is 1.28. The summed E-state index contributed by atoms with van der Waals surface area (Å²) in [6, 6.07) is 9.73. The van der Waals surface area contributed by atoms with Gasteiger partial charge in [-0.25, -0.2) is 9.78 Å². The molecule has 0 saturated carbocycles. The fraction of sp³-hybridized carbons (Fsp3) is 0.300. The van der Waals surface area contributed by atoms with Crippen LogP contribution < -0.4 is 10.2 Å². The molecule has 1 aliphatic heterocycles. The number of hydrogen-bond acceptors (Lipinski definition) is 5. The first-order valence-corrected chi connectivity index (χ1v) is 9.61. The van der Waals surface area contributed by atoms with Crippen LogP contribution in [0.4, 0.5) is 10.6 Å². The first kappa shape index (κ1) is 19.0. The van der Waals surface area contributed by atoms with E-state index in [-0.39, 0.29) is 11.2 Å². The zero-order valence-electron chi connectivity index (χ0n) is 15.8. The summed E-state index contributed by atoms with van der Waals surface area (Å²) in [6.07, 6.45) is 2.11. The van der Waals surface area contributed by atoms with Crippen LogP contribution in [0.15, 0.2) is 30.5 Å². The van der Waals surface area contributed by atoms with E-state index < -0.39 is 6.09 Å². The normalized spacial score (nSPS) is 14.7. The first-order chi connectivity index (χ1) is 14.0. The van der Waals surface area contributed by atoms with Gasteiger partial charge >= 0.3 is 6.09 Å². The van der Waals surface area contributed by atoms with Crippen LogP contribution >= 0.6 is 11.6 Å². The van der Waals surface area contributed by atoms with Gasteiger partial charge in [-0.15, -0.1) is 0 Å². The molecule has 4 rings (SSSR count). The van der Waals surface area contributed by atoms with Crippen LogP contribution in [-0.2, 0) is 7.05 Å². The zero-order valence-corrected chi connectivity index (χ0v) is 16.5. The minimum absolute atomic E-state index is 0.0693. The van der Waals surface area contributed by atoms with Crippen molar-refractivity contribution in [3.05, 3.63) is 41.2 Å². The van der Waals surface area contributed by atoms with E-state index in [4.69, 9.17) is 16.7 Å². The van der Waals surface area contributed by atoms with Gasteiger partial charge in [0, 0.05) is 37.1 Å². The van der Waals surface area contributed by atoms with Gasteiger partial charge in [0.1, 0.15) is 17.0 Å². The predicted octanol–water partition coefficient (Wildman–Crippen LogP) is 3.40. The second-order valence-electron chi connectivity index (χ2n) is 7.06. The van der Waals surface area contributed by atoms with Crippen molar-refractivity contribution in [1.29, 1.82) is 5.26 Å². The highest BCUT2D eigenvalue weighted by Crippen LogP contribution is 2.34. The average Bonchev–Trinajstić information content (AvgIpc) is 3.07. The highest BCUT2D eigenvalue weighted by molar-refractivity contribution is 6.32. The van der Waals surface area contributed by atoms with E-state index in [0.29, 0.717) is 42.9 Å². The van der Waals surface area contributed by atoms with E-state index in [1.807, 2.05) is 30.1 Å². The number of carbonyl (C=O) groups is 1. The summed E-state index contributed by atoms with van der Waals surface area (Å²) in [4.78, 5) is 17.4. The van der Waals surface area contributed by atoms with Crippen molar-refractivity contribution in [3.63, 3.8) is 0 Å². The molecule has 3 aromatic rings. The molecule has 0 spiro atoms. The summed E-state index contributed by atoms with van der Waals surface area (Å²) < 4.78 is 1.79. The number of rotatable bonds is 3. The second-order valence-corrected chi connectivity index (χ2v) is 7.42. The van der Waals surface area contributed by atoms with Crippen LogP contribution in [0.2, 0.25) is 5.15 Å². The molecule has 0 radical (unpaired) electrons. The number of nitrogens with zero attached hydrogens (tertiary/aromatic N) is 5. The number of anilines is 1. The van der Waals surface area contributed by atoms with E-state index >= 15 is 0 Å². The van der Waals surface area contributed by atoms with Gasteiger partial charge in [-0.1, -0.05) is 17.7 Å². The number of nitrogens with one attached hydrogen (secondary N) is 1. The minimum atomic E-state index is -1.01. The highest BCUT2D eigenvalue weighted by atomic mass is 35.5. The van der Waals surface area contributed by atoms with Gasteiger partial charge in [0.2, 0.25) is 0 Å². The summed E-state index contributed by atoms with van der Waals surface area (Å²) in [5.74, 6) is 0.631. The third kappa shape index (κ3) is 3.69. The van der Waals surface area contributed by atoms with Crippen molar-refractivity contribution in [2.75, 3.05) is 18.0 Å². The Hall–Kier alpha value is -3.31. The lowest BCUT2D eigenvalue weighted by atomic mass is 10.0. The van der Waals surface area contributed by atoms with Crippen LogP contribution in [0.25, 0.3) is 22.0 Å². The average molecular weight is 411 g/mol. The second kappa shape index (κ2) is 7.60. The number of benzene rings is 1. The third-order valence-electron chi connectivity index (χ3n) is 5.26. The van der Waals surface area contributed by atoms with E-state index in [1.54, 1.807) is 16.9 Å². The van der Waals surface area contributed by atoms with Crippen LogP contribution in [0.5, 0.6) is 0 Å². The molecule has 3 heterocycles. The molecule has 148 valence electrons. The highest BCUT2D eigenvalue weighted by Gasteiger charge is 2.23. The number of piperidine rings is 1. The van der Waals surface area contributed by atoms with Gasteiger partial charge in [-0.2, -0.15) is 10.4 Å². The van der Waals surface area contributed by atoms with Crippen molar-refractivity contribution < 1.29 is 9.90 Å². The Morgan fingerprint density at radius 2 is 2.10 bits per heavy atom. The molecule has 0 aliphatic carbocycles. The number of hydrogen-bond donors (Lipinski definition) is 2. The van der Waals surface area contributed by atoms with E-state index in [0.717, 1.165) is 16.5 Å². The van der Waals surface area contributed by atoms with E-state index in [9.17, 15) is 10.1 Å². The molecular formula is C20H19ClN6O2. The standard InChI is InChI=1S/C20H19ClN6O2/c1-26-16-3-2-12(8-14(16)11-23-26)18-13(10-22)9-17(25-19(18)21)27-6-4-15(5-7-27)24-20(28)29/h2-3,8-9,11,15,24H,4-7H2,1H3,(H,28,29). The van der Waals surface area contributed by atoms with Crippen LogP contribution in [-0.4, -0.2) is 45.1 Å². The molecule has 1 fully saturated rings. The molecule has 1 aromatic carbocycles. The molecule has 29 heavy (non-hydrogen) atoms. The van der Waals surface area contributed by atoms with Gasteiger partial charge in [0.25, 0.3) is 0 Å². The topological polar surface area (TPSA) is 107 Å². The summed E-state index contributed by atoms with van der Waals surface area (Å²) >= 11 is 6.52. The molecule has 0 unspecified atom stereocenters. The molecule has 1 saturated heterocycles. The fourth-order valence-electron chi connectivity index (χ4n) is 3.77. The molecule has 0 atom stereocenters. The Bertz CT molecular complexity index is 1130. The van der Waals surface area contributed by atoms with Gasteiger partial charge in [0.05, 0.1) is 17.3 Å². The minimum Gasteiger partial charge on any atom is -0.465 e. The van der Waals surface area contributed by atoms with Crippen molar-refractivity contribution in [2.24, 2.45) is 7.05 Å². The van der Waals surface area contributed by atoms with Crippen LogP contribution in [0, 0.1) is 11.3 Å². The smallest absolute Gasteiger partial charge is 0.404 e. The fourth-order valence-corrected chi connectivity index (χ4v) is 4.07. The van der Waals surface area contributed by atoms with Crippen LogP contribution in [0.1, 0.15) is 18.4 Å². The van der Waals surface area contributed by atoms with Crippen molar-refractivity contribution in [2.45, 2.75) is 18.9 Å². The maximum absolute atomic E-state index is 10.8. The lowest BCUT2D eigenvalue weighted by Crippen LogP contribution is -2.44. The molecule has 2 aromatic heterocycles. The third-order valence-corrected chi connectivity index (χ3v) is 5.54. The Kier molecular flexibility index (Phi) is 4.99. The lowest BCUT2D eigenvalue weighted by molar-refractivity contribution is 0.187. The first-order valence-electron chi connectivity index (χ1n) is 9.23.